The first-order chi connectivity index (χ1) is 15.1. The summed E-state index contributed by atoms with van der Waals surface area (Å²) in [6.07, 6.45) is 1.21. The molecule has 3 N–H and O–H groups in total. The highest BCUT2D eigenvalue weighted by molar-refractivity contribution is 5.82. The molecular formula is C20H28F4N4O4. The maximum Gasteiger partial charge on any atom is 0.490 e. The lowest BCUT2D eigenvalue weighted by molar-refractivity contribution is -0.192. The zero-order chi connectivity index (χ0) is 23.7. The first-order valence-electron chi connectivity index (χ1n) is 10.4. The molecule has 2 aliphatic rings. The number of carboxylic acid groups (broad SMARTS) is 1. The van der Waals surface area contributed by atoms with Gasteiger partial charge in [-0.3, -0.25) is 4.79 Å². The van der Waals surface area contributed by atoms with Crippen molar-refractivity contribution in [2.24, 2.45) is 0 Å². The number of aromatic nitrogens is 1. The van der Waals surface area contributed by atoms with Gasteiger partial charge < -0.3 is 25.4 Å². The highest BCUT2D eigenvalue weighted by atomic mass is 19.4. The number of nitrogens with one attached hydrogen (secondary N) is 2. The second-order valence-corrected chi connectivity index (χ2v) is 7.53. The second-order valence-electron chi connectivity index (χ2n) is 7.53. The van der Waals surface area contributed by atoms with Gasteiger partial charge in [-0.15, -0.1) is 0 Å². The molecule has 3 rings (SSSR count). The Morgan fingerprint density at radius 2 is 1.88 bits per heavy atom. The number of nitrogens with zero attached hydrogens (tertiary/aromatic N) is 2. The van der Waals surface area contributed by atoms with Gasteiger partial charge in [0, 0.05) is 25.2 Å². The van der Waals surface area contributed by atoms with E-state index in [9.17, 15) is 22.4 Å². The number of methoxy groups -OCH3 is 1. The molecule has 8 nitrogen and oxygen atoms in total. The summed E-state index contributed by atoms with van der Waals surface area (Å²) in [6, 6.07) is 1.29. The molecule has 3 heterocycles. The summed E-state index contributed by atoms with van der Waals surface area (Å²) < 4.78 is 51.7. The number of alkyl halides is 3. The smallest absolute Gasteiger partial charge is 0.481 e. The highest BCUT2D eigenvalue weighted by Gasteiger charge is 2.38. The van der Waals surface area contributed by atoms with Crippen molar-refractivity contribution >= 4 is 17.7 Å². The summed E-state index contributed by atoms with van der Waals surface area (Å²) in [6.45, 7) is 2.71. The Morgan fingerprint density at radius 1 is 1.25 bits per heavy atom. The average molecular weight is 464 g/mol. The van der Waals surface area contributed by atoms with Crippen molar-refractivity contribution in [2.75, 3.05) is 31.6 Å². The molecule has 0 aliphatic carbocycles. The van der Waals surface area contributed by atoms with Crippen LogP contribution < -0.4 is 20.3 Å². The van der Waals surface area contributed by atoms with Crippen molar-refractivity contribution in [1.82, 2.24) is 15.6 Å². The van der Waals surface area contributed by atoms with Crippen molar-refractivity contribution in [3.05, 3.63) is 17.4 Å². The zero-order valence-corrected chi connectivity index (χ0v) is 17.8. The molecule has 2 saturated heterocycles. The van der Waals surface area contributed by atoms with Crippen molar-refractivity contribution < 1.29 is 37.0 Å². The zero-order valence-electron chi connectivity index (χ0n) is 17.8. The van der Waals surface area contributed by atoms with E-state index >= 15 is 0 Å². The summed E-state index contributed by atoms with van der Waals surface area (Å²) in [7, 11) is 1.52. The van der Waals surface area contributed by atoms with E-state index in [4.69, 9.17) is 14.6 Å². The van der Waals surface area contributed by atoms with Crippen LogP contribution in [0.5, 0.6) is 5.88 Å². The number of carbonyl (C=O) groups is 2. The molecule has 0 saturated carbocycles. The molecule has 2 fully saturated rings. The van der Waals surface area contributed by atoms with Gasteiger partial charge in [-0.05, 0) is 38.3 Å². The number of anilines is 1. The lowest BCUT2D eigenvalue weighted by Gasteiger charge is -2.23. The number of aliphatic carboxylic acids is 1. The fraction of sp³-hybridized carbons (Fsp3) is 0.650. The predicted molar refractivity (Wildman–Crippen MR) is 108 cm³/mol. The third kappa shape index (κ3) is 7.50. The van der Waals surface area contributed by atoms with Gasteiger partial charge in [-0.1, -0.05) is 12.8 Å². The maximum atomic E-state index is 14.6. The van der Waals surface area contributed by atoms with E-state index in [2.05, 4.69) is 15.6 Å². The molecule has 0 radical (unpaired) electrons. The molecule has 2 aliphatic heterocycles. The minimum Gasteiger partial charge on any atom is -0.481 e. The Labute approximate surface area is 183 Å². The van der Waals surface area contributed by atoms with Crippen LogP contribution in [0.3, 0.4) is 0 Å². The van der Waals surface area contributed by atoms with Crippen molar-refractivity contribution in [2.45, 2.75) is 57.3 Å². The lowest BCUT2D eigenvalue weighted by atomic mass is 10.2. The van der Waals surface area contributed by atoms with E-state index in [1.54, 1.807) is 0 Å². The van der Waals surface area contributed by atoms with Crippen LogP contribution in [0.2, 0.25) is 0 Å². The number of pyridine rings is 1. The third-order valence-electron chi connectivity index (χ3n) is 5.17. The normalized spacial score (nSPS) is 18.9. The number of carboxylic acids is 1. The van der Waals surface area contributed by atoms with Crippen LogP contribution in [-0.2, 0) is 16.1 Å². The Balaban J connectivity index is 0.000000451. The molecular weight excluding hydrogens is 436 g/mol. The molecule has 1 unspecified atom stereocenters. The molecule has 0 aromatic carbocycles. The molecule has 1 aromatic heterocycles. The number of hydrogen-bond acceptors (Lipinski definition) is 6. The van der Waals surface area contributed by atoms with Gasteiger partial charge in [0.2, 0.25) is 11.8 Å². The topological polar surface area (TPSA) is 104 Å². The standard InChI is InChI=1S/C18H27FN4O2.C2HF3O2/c1-25-18-13(12-21-17(24)15-7-6-8-20-15)11-14(19)16(22-18)23-9-4-2-3-5-10-23;3-2(4,5)1(6)7/h11,15,20H,2-10,12H2,1H3,(H,21,24);(H,6,7). The average Bonchev–Trinajstić information content (AvgIpc) is 3.15. The number of ether oxygens (including phenoxy) is 1. The Kier molecular flexibility index (Phi) is 9.48. The first-order valence-corrected chi connectivity index (χ1v) is 10.4. The van der Waals surface area contributed by atoms with Crippen LogP contribution in [0.25, 0.3) is 0 Å². The van der Waals surface area contributed by atoms with Crippen LogP contribution >= 0.6 is 0 Å². The first kappa shape index (κ1) is 25.6. The van der Waals surface area contributed by atoms with Gasteiger partial charge in [0.1, 0.15) is 0 Å². The van der Waals surface area contributed by atoms with E-state index in [0.29, 0.717) is 17.3 Å². The summed E-state index contributed by atoms with van der Waals surface area (Å²) >= 11 is 0. The van der Waals surface area contributed by atoms with Crippen molar-refractivity contribution in [3.63, 3.8) is 0 Å². The third-order valence-corrected chi connectivity index (χ3v) is 5.17. The number of hydrogen-bond donors (Lipinski definition) is 3. The second kappa shape index (κ2) is 11.8. The Morgan fingerprint density at radius 3 is 2.38 bits per heavy atom. The van der Waals surface area contributed by atoms with Crippen LogP contribution in [-0.4, -0.2) is 60.9 Å². The molecule has 12 heteroatoms. The fourth-order valence-electron chi connectivity index (χ4n) is 3.52. The molecule has 1 aromatic rings. The number of halogens is 4. The Bertz CT molecular complexity index is 778. The fourth-order valence-corrected chi connectivity index (χ4v) is 3.52. The van der Waals surface area contributed by atoms with Crippen LogP contribution in [0.1, 0.15) is 44.1 Å². The predicted octanol–water partition coefficient (Wildman–Crippen LogP) is 2.61. The van der Waals surface area contributed by atoms with E-state index in [0.717, 1.165) is 45.3 Å². The van der Waals surface area contributed by atoms with Crippen LogP contribution in [0.15, 0.2) is 6.07 Å². The lowest BCUT2D eigenvalue weighted by Crippen LogP contribution is -2.40. The van der Waals surface area contributed by atoms with E-state index in [-0.39, 0.29) is 24.3 Å². The minimum atomic E-state index is -5.08. The molecule has 180 valence electrons. The van der Waals surface area contributed by atoms with Gasteiger partial charge in [-0.25, -0.2) is 9.18 Å². The highest BCUT2D eigenvalue weighted by Crippen LogP contribution is 2.27. The van der Waals surface area contributed by atoms with Crippen molar-refractivity contribution in [1.29, 1.82) is 0 Å². The Hall–Kier alpha value is -2.63. The summed E-state index contributed by atoms with van der Waals surface area (Å²) in [5, 5.41) is 13.1. The molecule has 1 atom stereocenters. The molecule has 1 amide bonds. The van der Waals surface area contributed by atoms with E-state index < -0.39 is 12.1 Å². The van der Waals surface area contributed by atoms with E-state index in [1.165, 1.54) is 26.0 Å². The molecule has 0 spiro atoms. The SMILES string of the molecule is COc1nc(N2CCCCCC2)c(F)cc1CNC(=O)C1CCCN1.O=C(O)C(F)(F)F. The quantitative estimate of drug-likeness (QED) is 0.576. The minimum absolute atomic E-state index is 0.0587. The summed E-state index contributed by atoms with van der Waals surface area (Å²) in [5.41, 5.74) is 0.560. The largest absolute Gasteiger partial charge is 0.490 e. The van der Waals surface area contributed by atoms with Crippen molar-refractivity contribution in [3.8, 4) is 5.88 Å². The number of carbonyl (C=O) groups excluding carboxylic acids is 1. The maximum absolute atomic E-state index is 14.6. The van der Waals surface area contributed by atoms with Gasteiger partial charge >= 0.3 is 12.1 Å². The number of amides is 1. The van der Waals surface area contributed by atoms with E-state index in [1.807, 2.05) is 4.90 Å². The molecule has 0 bridgehead atoms. The monoisotopic (exact) mass is 464 g/mol. The number of rotatable bonds is 5. The molecule has 32 heavy (non-hydrogen) atoms. The van der Waals surface area contributed by atoms with Gasteiger partial charge in [0.05, 0.1) is 13.2 Å². The summed E-state index contributed by atoms with van der Waals surface area (Å²) in [5.74, 6) is -2.44. The summed E-state index contributed by atoms with van der Waals surface area (Å²) in [4.78, 5) is 27.4. The van der Waals surface area contributed by atoms with Gasteiger partial charge in [0.25, 0.3) is 0 Å². The van der Waals surface area contributed by atoms with Gasteiger partial charge in [0.15, 0.2) is 11.6 Å². The van der Waals surface area contributed by atoms with Crippen LogP contribution in [0, 0.1) is 5.82 Å². The van der Waals surface area contributed by atoms with Gasteiger partial charge in [-0.2, -0.15) is 18.2 Å². The van der Waals surface area contributed by atoms with Crippen LogP contribution in [0.4, 0.5) is 23.4 Å².